The molecule has 72 valence electrons. The van der Waals surface area contributed by atoms with E-state index in [1.165, 1.54) is 12.3 Å². The summed E-state index contributed by atoms with van der Waals surface area (Å²) in [6.07, 6.45) is 2.53. The number of pyridine rings is 1. The van der Waals surface area contributed by atoms with Gasteiger partial charge in [-0.2, -0.15) is 0 Å². The number of sulfonamides is 1. The lowest BCUT2D eigenvalue weighted by molar-refractivity contribution is 0.463. The molecule has 0 atom stereocenters. The molecule has 0 aliphatic rings. The van der Waals surface area contributed by atoms with E-state index >= 15 is 0 Å². The van der Waals surface area contributed by atoms with E-state index in [0.717, 1.165) is 6.26 Å². The van der Waals surface area contributed by atoms with Crippen LogP contribution in [0, 0.1) is 0 Å². The number of rotatable bonds is 3. The Morgan fingerprint density at radius 2 is 2.31 bits per heavy atom. The standard InChI is InChI=1S/C7H10N2O3S/c1-13(11,12)9-5-6-7(10)3-2-4-8-6/h2-4,9-10H,5H2,1H3. The van der Waals surface area contributed by atoms with Crippen molar-refractivity contribution in [3.8, 4) is 5.75 Å². The second kappa shape index (κ2) is 3.71. The number of aromatic hydroxyl groups is 1. The first kappa shape index (κ1) is 9.94. The third-order valence-corrected chi connectivity index (χ3v) is 2.04. The van der Waals surface area contributed by atoms with Gasteiger partial charge in [0.15, 0.2) is 0 Å². The number of hydrogen-bond acceptors (Lipinski definition) is 4. The van der Waals surface area contributed by atoms with Crippen molar-refractivity contribution in [1.29, 1.82) is 0 Å². The highest BCUT2D eigenvalue weighted by Crippen LogP contribution is 2.11. The molecule has 1 heterocycles. The summed E-state index contributed by atoms with van der Waals surface area (Å²) in [6, 6.07) is 3.02. The predicted octanol–water partition coefficient (Wildman–Crippen LogP) is -0.164. The minimum absolute atomic E-state index is 0.00546. The van der Waals surface area contributed by atoms with Gasteiger partial charge in [0.25, 0.3) is 0 Å². The fraction of sp³-hybridized carbons (Fsp3) is 0.286. The lowest BCUT2D eigenvalue weighted by atomic mass is 10.3. The minimum Gasteiger partial charge on any atom is -0.506 e. The van der Waals surface area contributed by atoms with Crippen LogP contribution >= 0.6 is 0 Å². The van der Waals surface area contributed by atoms with Crippen LogP contribution in [0.4, 0.5) is 0 Å². The zero-order chi connectivity index (χ0) is 9.90. The van der Waals surface area contributed by atoms with Crippen molar-refractivity contribution in [3.63, 3.8) is 0 Å². The molecular formula is C7H10N2O3S. The summed E-state index contributed by atoms with van der Waals surface area (Å²) in [5.74, 6) is -0.0151. The Labute approximate surface area is 76.5 Å². The van der Waals surface area contributed by atoms with Crippen molar-refractivity contribution >= 4 is 10.0 Å². The van der Waals surface area contributed by atoms with E-state index in [1.54, 1.807) is 6.07 Å². The van der Waals surface area contributed by atoms with E-state index in [4.69, 9.17) is 0 Å². The maximum absolute atomic E-state index is 10.7. The van der Waals surface area contributed by atoms with Crippen LogP contribution in [0.2, 0.25) is 0 Å². The van der Waals surface area contributed by atoms with E-state index in [2.05, 4.69) is 9.71 Å². The first-order valence-electron chi connectivity index (χ1n) is 3.56. The summed E-state index contributed by atoms with van der Waals surface area (Å²) in [7, 11) is -3.24. The van der Waals surface area contributed by atoms with Gasteiger partial charge in [-0.3, -0.25) is 4.98 Å². The zero-order valence-electron chi connectivity index (χ0n) is 7.06. The van der Waals surface area contributed by atoms with E-state index in [0.29, 0.717) is 5.69 Å². The van der Waals surface area contributed by atoms with E-state index in [-0.39, 0.29) is 12.3 Å². The Balaban J connectivity index is 2.71. The monoisotopic (exact) mass is 202 g/mol. The summed E-state index contributed by atoms with van der Waals surface area (Å²) in [5, 5.41) is 9.21. The van der Waals surface area contributed by atoms with Crippen LogP contribution in [-0.2, 0) is 16.6 Å². The smallest absolute Gasteiger partial charge is 0.209 e. The average Bonchev–Trinajstić information content (AvgIpc) is 2.01. The summed E-state index contributed by atoms with van der Waals surface area (Å²) < 4.78 is 23.6. The molecule has 0 fully saturated rings. The second-order valence-electron chi connectivity index (χ2n) is 2.56. The molecule has 1 aromatic rings. The molecule has 0 unspecified atom stereocenters. The van der Waals surface area contributed by atoms with Gasteiger partial charge in [-0.05, 0) is 12.1 Å². The number of nitrogens with zero attached hydrogens (tertiary/aromatic N) is 1. The molecule has 0 aromatic carbocycles. The van der Waals surface area contributed by atoms with Crippen LogP contribution in [0.15, 0.2) is 18.3 Å². The number of hydrogen-bond donors (Lipinski definition) is 2. The average molecular weight is 202 g/mol. The third kappa shape index (κ3) is 3.39. The molecule has 13 heavy (non-hydrogen) atoms. The van der Waals surface area contributed by atoms with Crippen molar-refractivity contribution < 1.29 is 13.5 Å². The maximum atomic E-state index is 10.7. The van der Waals surface area contributed by atoms with Gasteiger partial charge in [-0.25, -0.2) is 13.1 Å². The second-order valence-corrected chi connectivity index (χ2v) is 4.40. The molecule has 0 amide bonds. The normalized spacial score (nSPS) is 11.5. The Hall–Kier alpha value is -1.14. The fourth-order valence-electron chi connectivity index (χ4n) is 0.765. The van der Waals surface area contributed by atoms with Crippen LogP contribution in [0.25, 0.3) is 0 Å². The van der Waals surface area contributed by atoms with Crippen LogP contribution in [-0.4, -0.2) is 24.8 Å². The molecule has 0 saturated heterocycles. The molecule has 0 radical (unpaired) electrons. The van der Waals surface area contributed by atoms with Gasteiger partial charge in [0, 0.05) is 6.20 Å². The predicted molar refractivity (Wildman–Crippen MR) is 47.6 cm³/mol. The van der Waals surface area contributed by atoms with Gasteiger partial charge in [0.2, 0.25) is 10.0 Å². The van der Waals surface area contributed by atoms with Gasteiger partial charge in [-0.1, -0.05) is 0 Å². The van der Waals surface area contributed by atoms with E-state index < -0.39 is 10.0 Å². The summed E-state index contributed by atoms with van der Waals surface area (Å²) in [6.45, 7) is 0.00546. The van der Waals surface area contributed by atoms with Crippen LogP contribution in [0.1, 0.15) is 5.69 Å². The van der Waals surface area contributed by atoms with Crippen LogP contribution in [0.3, 0.4) is 0 Å². The van der Waals surface area contributed by atoms with Gasteiger partial charge < -0.3 is 5.11 Å². The third-order valence-electron chi connectivity index (χ3n) is 1.37. The summed E-state index contributed by atoms with van der Waals surface area (Å²) >= 11 is 0. The molecule has 1 rings (SSSR count). The highest BCUT2D eigenvalue weighted by Gasteiger charge is 2.04. The summed E-state index contributed by atoms with van der Waals surface area (Å²) in [4.78, 5) is 3.80. The molecule has 2 N–H and O–H groups in total. The molecule has 0 aliphatic carbocycles. The Kier molecular flexibility index (Phi) is 2.84. The molecule has 6 heteroatoms. The Bertz CT molecular complexity index is 388. The quantitative estimate of drug-likeness (QED) is 0.713. The highest BCUT2D eigenvalue weighted by atomic mass is 32.2. The fourth-order valence-corrected chi connectivity index (χ4v) is 1.16. The zero-order valence-corrected chi connectivity index (χ0v) is 7.87. The van der Waals surface area contributed by atoms with Gasteiger partial charge in [0.05, 0.1) is 18.5 Å². The maximum Gasteiger partial charge on any atom is 0.209 e. The lowest BCUT2D eigenvalue weighted by Crippen LogP contribution is -2.21. The van der Waals surface area contributed by atoms with Crippen LogP contribution in [0.5, 0.6) is 5.75 Å². The molecule has 0 aliphatic heterocycles. The van der Waals surface area contributed by atoms with Crippen molar-refractivity contribution in [2.45, 2.75) is 6.54 Å². The topological polar surface area (TPSA) is 79.3 Å². The molecule has 0 saturated carbocycles. The minimum atomic E-state index is -3.24. The molecule has 0 spiro atoms. The van der Waals surface area contributed by atoms with E-state index in [9.17, 15) is 13.5 Å². The van der Waals surface area contributed by atoms with Crippen molar-refractivity contribution in [3.05, 3.63) is 24.0 Å². The largest absolute Gasteiger partial charge is 0.506 e. The van der Waals surface area contributed by atoms with Gasteiger partial charge in [0.1, 0.15) is 5.75 Å². The van der Waals surface area contributed by atoms with Crippen molar-refractivity contribution in [1.82, 2.24) is 9.71 Å². The van der Waals surface area contributed by atoms with E-state index in [1.807, 2.05) is 0 Å². The SMILES string of the molecule is CS(=O)(=O)NCc1ncccc1O. The van der Waals surface area contributed by atoms with Gasteiger partial charge in [-0.15, -0.1) is 0 Å². The number of nitrogens with one attached hydrogen (secondary N) is 1. The first-order chi connectivity index (χ1) is 5.99. The molecular weight excluding hydrogens is 192 g/mol. The first-order valence-corrected chi connectivity index (χ1v) is 5.45. The lowest BCUT2D eigenvalue weighted by Gasteiger charge is -2.02. The van der Waals surface area contributed by atoms with Crippen molar-refractivity contribution in [2.24, 2.45) is 0 Å². The van der Waals surface area contributed by atoms with Crippen LogP contribution < -0.4 is 4.72 Å². The van der Waals surface area contributed by atoms with Gasteiger partial charge >= 0.3 is 0 Å². The molecule has 5 nitrogen and oxygen atoms in total. The summed E-state index contributed by atoms with van der Waals surface area (Å²) in [5.41, 5.74) is 0.313. The molecule has 1 aromatic heterocycles. The highest BCUT2D eigenvalue weighted by molar-refractivity contribution is 7.88. The Morgan fingerprint density at radius 3 is 2.85 bits per heavy atom. The Morgan fingerprint density at radius 1 is 1.62 bits per heavy atom. The number of aromatic nitrogens is 1. The molecule has 0 bridgehead atoms. The van der Waals surface area contributed by atoms with Crippen molar-refractivity contribution in [2.75, 3.05) is 6.26 Å².